The normalized spacial score (nSPS) is 10.9. The summed E-state index contributed by atoms with van der Waals surface area (Å²) < 4.78 is 10.2. The fraction of sp³-hybridized carbons (Fsp3) is 0.467. The highest BCUT2D eigenvalue weighted by molar-refractivity contribution is 5.91. The van der Waals surface area contributed by atoms with Crippen LogP contribution in [0.1, 0.15) is 36.7 Å². The molecule has 0 saturated heterocycles. The number of carboxylic acids is 1. The molecule has 1 amide bonds. The number of carboxylic acid groups (broad SMARTS) is 1. The van der Waals surface area contributed by atoms with E-state index >= 15 is 0 Å². The molecule has 6 heteroatoms. The van der Waals surface area contributed by atoms with Crippen molar-refractivity contribution in [2.75, 3.05) is 14.2 Å². The summed E-state index contributed by atoms with van der Waals surface area (Å²) in [5.41, 5.74) is 0.173. The number of hydrogen-bond donors (Lipinski definition) is 1. The first kappa shape index (κ1) is 16.8. The Morgan fingerprint density at radius 3 is 2.38 bits per heavy atom. The third-order valence-electron chi connectivity index (χ3n) is 2.62. The zero-order valence-electron chi connectivity index (χ0n) is 13.0. The first-order valence-electron chi connectivity index (χ1n) is 6.48. The van der Waals surface area contributed by atoms with Crippen molar-refractivity contribution >= 4 is 12.1 Å². The minimum atomic E-state index is -1.08. The largest absolute Gasteiger partial charge is 0.496 e. The molecule has 21 heavy (non-hydrogen) atoms. The van der Waals surface area contributed by atoms with Gasteiger partial charge in [0.2, 0.25) is 0 Å². The SMILES string of the molecule is COc1ccc(CN(C)C(=O)OC(C)(C)C)cc1C(=O)O. The number of carbonyl (C=O) groups is 2. The van der Waals surface area contributed by atoms with E-state index < -0.39 is 17.7 Å². The standard InChI is InChI=1S/C15H21NO5/c1-15(2,3)21-14(19)16(4)9-10-6-7-12(20-5)11(8-10)13(17)18/h6-8H,9H2,1-5H3,(H,17,18). The van der Waals surface area contributed by atoms with Gasteiger partial charge in [-0.3, -0.25) is 0 Å². The summed E-state index contributed by atoms with van der Waals surface area (Å²) in [6.45, 7) is 5.61. The maximum Gasteiger partial charge on any atom is 0.410 e. The summed E-state index contributed by atoms with van der Waals surface area (Å²) in [6, 6.07) is 4.77. The van der Waals surface area contributed by atoms with Crippen molar-refractivity contribution in [3.05, 3.63) is 29.3 Å². The summed E-state index contributed by atoms with van der Waals surface area (Å²) in [5, 5.41) is 9.13. The van der Waals surface area contributed by atoms with Crippen LogP contribution in [0.3, 0.4) is 0 Å². The van der Waals surface area contributed by atoms with Crippen LogP contribution in [0.5, 0.6) is 5.75 Å². The third-order valence-corrected chi connectivity index (χ3v) is 2.62. The van der Waals surface area contributed by atoms with Crippen LogP contribution in [0.25, 0.3) is 0 Å². The number of methoxy groups -OCH3 is 1. The van der Waals surface area contributed by atoms with Crippen LogP contribution in [-0.4, -0.2) is 41.8 Å². The summed E-state index contributed by atoms with van der Waals surface area (Å²) >= 11 is 0. The lowest BCUT2D eigenvalue weighted by Crippen LogP contribution is -2.33. The average Bonchev–Trinajstić information content (AvgIpc) is 2.36. The van der Waals surface area contributed by atoms with Crippen molar-refractivity contribution in [1.29, 1.82) is 0 Å². The Bertz CT molecular complexity index is 533. The molecular formula is C15H21NO5. The lowest BCUT2D eigenvalue weighted by atomic mass is 10.1. The molecule has 6 nitrogen and oxygen atoms in total. The average molecular weight is 295 g/mol. The van der Waals surface area contributed by atoms with Gasteiger partial charge in [0.25, 0.3) is 0 Å². The molecule has 0 atom stereocenters. The third kappa shape index (κ3) is 4.98. The van der Waals surface area contributed by atoms with Gasteiger partial charge >= 0.3 is 12.1 Å². The summed E-state index contributed by atoms with van der Waals surface area (Å²) in [6.07, 6.45) is -0.463. The van der Waals surface area contributed by atoms with Crippen molar-refractivity contribution < 1.29 is 24.2 Å². The zero-order valence-corrected chi connectivity index (χ0v) is 13.0. The van der Waals surface area contributed by atoms with E-state index in [2.05, 4.69) is 0 Å². The number of amides is 1. The Kier molecular flexibility index (Phi) is 5.18. The molecule has 0 spiro atoms. The molecule has 1 aromatic carbocycles. The first-order chi connectivity index (χ1) is 9.64. The molecule has 1 rings (SSSR count). The molecular weight excluding hydrogens is 274 g/mol. The number of aromatic carboxylic acids is 1. The van der Waals surface area contributed by atoms with Crippen molar-refractivity contribution in [3.63, 3.8) is 0 Å². The van der Waals surface area contributed by atoms with Crippen molar-refractivity contribution in [3.8, 4) is 5.75 Å². The van der Waals surface area contributed by atoms with Crippen molar-refractivity contribution in [2.45, 2.75) is 32.9 Å². The number of rotatable bonds is 4. The molecule has 0 fully saturated rings. The summed E-state index contributed by atoms with van der Waals surface area (Å²) in [4.78, 5) is 24.4. The minimum absolute atomic E-state index is 0.0626. The van der Waals surface area contributed by atoms with E-state index in [9.17, 15) is 9.59 Å². The second kappa shape index (κ2) is 6.47. The number of nitrogens with zero attached hydrogens (tertiary/aromatic N) is 1. The molecule has 0 bridgehead atoms. The summed E-state index contributed by atoms with van der Waals surface area (Å²) in [5.74, 6) is -0.792. The topological polar surface area (TPSA) is 76.1 Å². The van der Waals surface area contributed by atoms with Gasteiger partial charge < -0.3 is 19.5 Å². The quantitative estimate of drug-likeness (QED) is 0.924. The zero-order chi connectivity index (χ0) is 16.2. The van der Waals surface area contributed by atoms with Crippen molar-refractivity contribution in [1.82, 2.24) is 4.90 Å². The smallest absolute Gasteiger partial charge is 0.410 e. The lowest BCUT2D eigenvalue weighted by Gasteiger charge is -2.24. The van der Waals surface area contributed by atoms with Gasteiger partial charge in [-0.25, -0.2) is 9.59 Å². The summed E-state index contributed by atoms with van der Waals surface area (Å²) in [7, 11) is 3.01. The van der Waals surface area contributed by atoms with E-state index in [1.54, 1.807) is 40.0 Å². The van der Waals surface area contributed by atoms with Gasteiger partial charge in [-0.15, -0.1) is 0 Å². The number of ether oxygens (including phenoxy) is 2. The molecule has 1 aromatic rings. The monoisotopic (exact) mass is 295 g/mol. The van der Waals surface area contributed by atoms with Crippen LogP contribution in [-0.2, 0) is 11.3 Å². The first-order valence-corrected chi connectivity index (χ1v) is 6.48. The van der Waals surface area contributed by atoms with Crippen LogP contribution < -0.4 is 4.74 Å². The molecule has 0 heterocycles. The molecule has 0 aliphatic rings. The van der Waals surface area contributed by atoms with E-state index in [0.29, 0.717) is 5.56 Å². The highest BCUT2D eigenvalue weighted by atomic mass is 16.6. The molecule has 116 valence electrons. The highest BCUT2D eigenvalue weighted by Crippen LogP contribution is 2.21. The Labute approximate surface area is 124 Å². The molecule has 0 radical (unpaired) electrons. The number of hydrogen-bond acceptors (Lipinski definition) is 4. The van der Waals surface area contributed by atoms with Gasteiger partial charge in [0.15, 0.2) is 0 Å². The van der Waals surface area contributed by atoms with E-state index in [4.69, 9.17) is 14.6 Å². The van der Waals surface area contributed by atoms with E-state index in [-0.39, 0.29) is 17.9 Å². The van der Waals surface area contributed by atoms with Gasteiger partial charge in [0, 0.05) is 13.6 Å². The Morgan fingerprint density at radius 2 is 1.90 bits per heavy atom. The molecule has 1 N–H and O–H groups in total. The lowest BCUT2D eigenvalue weighted by molar-refractivity contribution is 0.0285. The molecule has 0 aliphatic carbocycles. The van der Waals surface area contributed by atoms with Gasteiger partial charge in [0.1, 0.15) is 16.9 Å². The molecule has 0 unspecified atom stereocenters. The van der Waals surface area contributed by atoms with Gasteiger partial charge in [0.05, 0.1) is 7.11 Å². The second-order valence-corrected chi connectivity index (χ2v) is 5.68. The predicted octanol–water partition coefficient (Wildman–Crippen LogP) is 2.76. The van der Waals surface area contributed by atoms with Gasteiger partial charge in [-0.05, 0) is 38.5 Å². The van der Waals surface area contributed by atoms with Gasteiger partial charge in [-0.1, -0.05) is 6.07 Å². The Hall–Kier alpha value is -2.24. The van der Waals surface area contributed by atoms with E-state index in [0.717, 1.165) is 0 Å². The van der Waals surface area contributed by atoms with Gasteiger partial charge in [-0.2, -0.15) is 0 Å². The highest BCUT2D eigenvalue weighted by Gasteiger charge is 2.20. The number of carbonyl (C=O) groups excluding carboxylic acids is 1. The second-order valence-electron chi connectivity index (χ2n) is 5.68. The minimum Gasteiger partial charge on any atom is -0.496 e. The predicted molar refractivity (Wildman–Crippen MR) is 77.7 cm³/mol. The molecule has 0 saturated carbocycles. The number of benzene rings is 1. The Balaban J connectivity index is 2.86. The molecule has 0 aromatic heterocycles. The Morgan fingerprint density at radius 1 is 1.29 bits per heavy atom. The maximum atomic E-state index is 11.9. The van der Waals surface area contributed by atoms with Crippen LogP contribution in [0.2, 0.25) is 0 Å². The fourth-order valence-electron chi connectivity index (χ4n) is 1.70. The maximum absolute atomic E-state index is 11.9. The van der Waals surface area contributed by atoms with Crippen LogP contribution in [0, 0.1) is 0 Å². The van der Waals surface area contributed by atoms with E-state index in [1.165, 1.54) is 18.1 Å². The molecule has 0 aliphatic heterocycles. The van der Waals surface area contributed by atoms with Crippen LogP contribution >= 0.6 is 0 Å². The van der Waals surface area contributed by atoms with Crippen LogP contribution in [0.4, 0.5) is 4.79 Å². The van der Waals surface area contributed by atoms with E-state index in [1.807, 2.05) is 0 Å². The van der Waals surface area contributed by atoms with Crippen molar-refractivity contribution in [2.24, 2.45) is 0 Å². The van der Waals surface area contributed by atoms with Crippen LogP contribution in [0.15, 0.2) is 18.2 Å². The fourth-order valence-corrected chi connectivity index (χ4v) is 1.70.